The zero-order valence-corrected chi connectivity index (χ0v) is 5.69. The fraction of sp³-hybridized carbons (Fsp3) is 0.125. The summed E-state index contributed by atoms with van der Waals surface area (Å²) in [6.07, 6.45) is 7.37. The Hall–Kier alpha value is -1.51. The van der Waals surface area contributed by atoms with Crippen LogP contribution in [0.3, 0.4) is 0 Å². The summed E-state index contributed by atoms with van der Waals surface area (Å²) in [4.78, 5) is 11.1. The molecule has 0 radical (unpaired) electrons. The Morgan fingerprint density at radius 3 is 3.09 bits per heavy atom. The predicted octanol–water partition coefficient (Wildman–Crippen LogP) is 1.10. The smallest absolute Gasteiger partial charge is 0.173 e. The number of fused-ring (bicyclic) bond motifs is 1. The van der Waals surface area contributed by atoms with Gasteiger partial charge in [-0.05, 0) is 6.08 Å². The number of carbonyl (C=O) groups excluding carboxylic acids is 1. The molecule has 2 heterocycles. The third kappa shape index (κ3) is 0.941. The Morgan fingerprint density at radius 2 is 2.27 bits per heavy atom. The van der Waals surface area contributed by atoms with Crippen molar-refractivity contribution in [3.63, 3.8) is 0 Å². The predicted molar refractivity (Wildman–Crippen MR) is 37.0 cm³/mol. The highest BCUT2D eigenvalue weighted by atomic mass is 16.5. The van der Waals surface area contributed by atoms with Crippen LogP contribution in [0, 0.1) is 5.92 Å². The van der Waals surface area contributed by atoms with Crippen LogP contribution >= 0.6 is 0 Å². The van der Waals surface area contributed by atoms with Crippen LogP contribution in [-0.4, -0.2) is 5.78 Å². The Kier molecular flexibility index (Phi) is 1.28. The molecule has 0 aromatic carbocycles. The number of ketones is 1. The summed E-state index contributed by atoms with van der Waals surface area (Å²) in [5.74, 6) is 0.316. The minimum atomic E-state index is -0.270. The normalized spacial score (nSPS) is 26.7. The van der Waals surface area contributed by atoms with E-state index in [9.17, 15) is 4.79 Å². The lowest BCUT2D eigenvalue weighted by atomic mass is 10.0. The van der Waals surface area contributed by atoms with E-state index in [2.05, 4.69) is 0 Å². The summed E-state index contributed by atoms with van der Waals surface area (Å²) in [6.45, 7) is 0. The van der Waals surface area contributed by atoms with E-state index in [0.717, 1.165) is 0 Å². The largest absolute Gasteiger partial charge is 0.469 e. The van der Waals surface area contributed by atoms with Crippen LogP contribution in [0.2, 0.25) is 0 Å². The average molecular weight is 150 g/mol. The maximum absolute atomic E-state index is 11.1. The summed E-state index contributed by atoms with van der Waals surface area (Å²) in [5.41, 5.74) is 0. The van der Waals surface area contributed by atoms with Crippen molar-refractivity contribution in [1.82, 2.24) is 0 Å². The Labute approximate surface area is 63.6 Å². The standard InChI is InChI=1S/C8H6O3/c9-7-2-4-11-8-5-10-3-1-6(7)8/h1-6H. The molecule has 0 saturated heterocycles. The molecule has 3 heteroatoms. The first kappa shape index (κ1) is 6.22. The molecular weight excluding hydrogens is 144 g/mol. The number of hydrogen-bond donors (Lipinski definition) is 0. The van der Waals surface area contributed by atoms with Crippen molar-refractivity contribution in [3.8, 4) is 0 Å². The Bertz CT molecular complexity index is 273. The molecule has 1 atom stereocenters. The number of ether oxygens (including phenoxy) is 2. The monoisotopic (exact) mass is 150 g/mol. The molecule has 0 N–H and O–H groups in total. The van der Waals surface area contributed by atoms with Gasteiger partial charge in [0.05, 0.1) is 12.5 Å². The second-order valence-corrected chi connectivity index (χ2v) is 2.29. The van der Waals surface area contributed by atoms with Crippen LogP contribution in [0.15, 0.2) is 36.7 Å². The van der Waals surface area contributed by atoms with Gasteiger partial charge in [0.1, 0.15) is 12.2 Å². The van der Waals surface area contributed by atoms with Crippen molar-refractivity contribution in [2.24, 2.45) is 5.92 Å². The van der Waals surface area contributed by atoms with Crippen LogP contribution < -0.4 is 0 Å². The van der Waals surface area contributed by atoms with Crippen molar-refractivity contribution in [2.75, 3.05) is 0 Å². The van der Waals surface area contributed by atoms with Gasteiger partial charge in [-0.1, -0.05) is 0 Å². The van der Waals surface area contributed by atoms with Gasteiger partial charge >= 0.3 is 0 Å². The van der Waals surface area contributed by atoms with E-state index in [1.54, 1.807) is 6.08 Å². The molecule has 0 aromatic heterocycles. The first-order chi connectivity index (χ1) is 5.38. The SMILES string of the molecule is O=C1C=COC2=COC=CC12. The molecule has 56 valence electrons. The number of carbonyl (C=O) groups is 1. The summed E-state index contributed by atoms with van der Waals surface area (Å²) in [7, 11) is 0. The first-order valence-electron chi connectivity index (χ1n) is 3.27. The van der Waals surface area contributed by atoms with Gasteiger partial charge < -0.3 is 9.47 Å². The highest BCUT2D eigenvalue weighted by Crippen LogP contribution is 2.23. The summed E-state index contributed by atoms with van der Waals surface area (Å²) in [6, 6.07) is 0. The summed E-state index contributed by atoms with van der Waals surface area (Å²) >= 11 is 0. The fourth-order valence-electron chi connectivity index (χ4n) is 1.02. The highest BCUT2D eigenvalue weighted by Gasteiger charge is 2.25. The fourth-order valence-corrected chi connectivity index (χ4v) is 1.02. The minimum absolute atomic E-state index is 0.0297. The van der Waals surface area contributed by atoms with E-state index in [-0.39, 0.29) is 11.7 Å². The molecule has 0 bridgehead atoms. The topological polar surface area (TPSA) is 35.5 Å². The Balaban J connectivity index is 2.35. The van der Waals surface area contributed by atoms with Gasteiger partial charge in [-0.3, -0.25) is 4.79 Å². The van der Waals surface area contributed by atoms with Gasteiger partial charge in [-0.2, -0.15) is 0 Å². The zero-order valence-electron chi connectivity index (χ0n) is 5.69. The second kappa shape index (κ2) is 2.27. The molecule has 0 aliphatic carbocycles. The van der Waals surface area contributed by atoms with E-state index in [1.165, 1.54) is 24.9 Å². The van der Waals surface area contributed by atoms with Gasteiger partial charge in [0.15, 0.2) is 11.5 Å². The molecule has 0 amide bonds. The third-order valence-electron chi connectivity index (χ3n) is 1.58. The van der Waals surface area contributed by atoms with Crippen molar-refractivity contribution in [3.05, 3.63) is 36.7 Å². The third-order valence-corrected chi connectivity index (χ3v) is 1.58. The molecule has 11 heavy (non-hydrogen) atoms. The lowest BCUT2D eigenvalue weighted by Gasteiger charge is -2.18. The number of allylic oxidation sites excluding steroid dienone is 2. The van der Waals surface area contributed by atoms with Crippen molar-refractivity contribution >= 4 is 5.78 Å². The molecule has 0 saturated carbocycles. The number of hydrogen-bond acceptors (Lipinski definition) is 3. The van der Waals surface area contributed by atoms with Crippen LogP contribution in [0.25, 0.3) is 0 Å². The second-order valence-electron chi connectivity index (χ2n) is 2.29. The zero-order chi connectivity index (χ0) is 7.68. The minimum Gasteiger partial charge on any atom is -0.469 e. The molecule has 3 nitrogen and oxygen atoms in total. The molecular formula is C8H6O3. The summed E-state index contributed by atoms with van der Waals surface area (Å²) in [5, 5.41) is 0. The van der Waals surface area contributed by atoms with Crippen LogP contribution in [0.4, 0.5) is 0 Å². The molecule has 0 spiro atoms. The van der Waals surface area contributed by atoms with Crippen molar-refractivity contribution < 1.29 is 14.3 Å². The highest BCUT2D eigenvalue weighted by molar-refractivity contribution is 5.95. The maximum atomic E-state index is 11.1. The lowest BCUT2D eigenvalue weighted by molar-refractivity contribution is -0.117. The van der Waals surface area contributed by atoms with E-state index in [4.69, 9.17) is 9.47 Å². The van der Waals surface area contributed by atoms with Crippen molar-refractivity contribution in [2.45, 2.75) is 0 Å². The van der Waals surface area contributed by atoms with E-state index >= 15 is 0 Å². The lowest BCUT2D eigenvalue weighted by Crippen LogP contribution is -2.19. The molecule has 2 aliphatic rings. The van der Waals surface area contributed by atoms with E-state index < -0.39 is 0 Å². The number of rotatable bonds is 0. The molecule has 2 rings (SSSR count). The van der Waals surface area contributed by atoms with Gasteiger partial charge in [0.25, 0.3) is 0 Å². The average Bonchev–Trinajstić information content (AvgIpc) is 2.06. The Morgan fingerprint density at radius 1 is 1.36 bits per heavy atom. The maximum Gasteiger partial charge on any atom is 0.173 e. The van der Waals surface area contributed by atoms with E-state index in [0.29, 0.717) is 5.76 Å². The quantitative estimate of drug-likeness (QED) is 0.518. The van der Waals surface area contributed by atoms with Gasteiger partial charge in [0, 0.05) is 6.08 Å². The van der Waals surface area contributed by atoms with E-state index in [1.807, 2.05) is 0 Å². The first-order valence-corrected chi connectivity index (χ1v) is 3.27. The van der Waals surface area contributed by atoms with Crippen molar-refractivity contribution in [1.29, 1.82) is 0 Å². The molecule has 0 aromatic rings. The van der Waals surface area contributed by atoms with Gasteiger partial charge in [0.2, 0.25) is 0 Å². The van der Waals surface area contributed by atoms with Crippen LogP contribution in [-0.2, 0) is 14.3 Å². The molecule has 1 unspecified atom stereocenters. The molecule has 0 fully saturated rings. The summed E-state index contributed by atoms with van der Waals surface area (Å²) < 4.78 is 9.87. The van der Waals surface area contributed by atoms with Crippen LogP contribution in [0.1, 0.15) is 0 Å². The van der Waals surface area contributed by atoms with Gasteiger partial charge in [-0.15, -0.1) is 0 Å². The molecule has 2 aliphatic heterocycles. The van der Waals surface area contributed by atoms with Gasteiger partial charge in [-0.25, -0.2) is 0 Å². The van der Waals surface area contributed by atoms with Crippen LogP contribution in [0.5, 0.6) is 0 Å².